The Hall–Kier alpha value is -2.64. The van der Waals surface area contributed by atoms with Crippen LogP contribution in [-0.4, -0.2) is 50.2 Å². The number of nitrogens with one attached hydrogen (secondary N) is 1. The van der Waals surface area contributed by atoms with E-state index in [1.54, 1.807) is 6.26 Å². The van der Waals surface area contributed by atoms with Crippen LogP contribution < -0.4 is 10.9 Å². The normalized spacial score (nSPS) is 15.5. The Kier molecular flexibility index (Phi) is 6.14. The van der Waals surface area contributed by atoms with Gasteiger partial charge in [-0.15, -0.1) is 0 Å². The van der Waals surface area contributed by atoms with E-state index in [0.29, 0.717) is 23.3 Å². The van der Waals surface area contributed by atoms with E-state index in [4.69, 9.17) is 13.6 Å². The largest absolute Gasteiger partial charge is 0.463 e. The molecule has 1 aromatic carbocycles. The molecule has 0 saturated carbocycles. The number of carbonyl (C=O) groups excluding carboxylic acids is 1. The second kappa shape index (κ2) is 8.71. The second-order valence-corrected chi connectivity index (χ2v) is 9.64. The quantitative estimate of drug-likeness (QED) is 0.612. The zero-order chi connectivity index (χ0) is 23.0. The van der Waals surface area contributed by atoms with Gasteiger partial charge >= 0.3 is 5.63 Å². The molecule has 1 amide bonds. The number of nitrogens with zero attached hydrogens (tertiary/aromatic N) is 1. The van der Waals surface area contributed by atoms with Gasteiger partial charge in [-0.2, -0.15) is 0 Å². The molecule has 0 aliphatic carbocycles. The first-order chi connectivity index (χ1) is 15.2. The standard InChI is InChI=1S/C25H32N2O5/c1-15-12-19-22(23-21(15)18(14-31-23)25(3,4)5)16(2)17(24(29)32-19)13-20(28)26-6-7-27-8-10-30-11-9-27/h12,14H,6-11,13H2,1-5H3,(H,26,28). The van der Waals surface area contributed by atoms with Crippen molar-refractivity contribution in [1.82, 2.24) is 10.2 Å². The lowest BCUT2D eigenvalue weighted by Crippen LogP contribution is -2.41. The van der Waals surface area contributed by atoms with E-state index in [9.17, 15) is 9.59 Å². The van der Waals surface area contributed by atoms with Gasteiger partial charge in [0.1, 0.15) is 11.2 Å². The number of carbonyl (C=O) groups is 1. The number of rotatable bonds is 5. The third-order valence-electron chi connectivity index (χ3n) is 6.28. The van der Waals surface area contributed by atoms with Crippen LogP contribution in [0.25, 0.3) is 21.9 Å². The Bertz CT molecular complexity index is 1210. The molecule has 3 heterocycles. The highest BCUT2D eigenvalue weighted by Crippen LogP contribution is 2.38. The molecule has 2 aromatic heterocycles. The molecule has 1 saturated heterocycles. The van der Waals surface area contributed by atoms with Crippen molar-refractivity contribution in [3.05, 3.63) is 45.0 Å². The summed E-state index contributed by atoms with van der Waals surface area (Å²) in [6, 6.07) is 1.89. The maximum absolute atomic E-state index is 12.7. The summed E-state index contributed by atoms with van der Waals surface area (Å²) in [5, 5.41) is 4.73. The summed E-state index contributed by atoms with van der Waals surface area (Å²) in [6.07, 6.45) is 1.77. The smallest absolute Gasteiger partial charge is 0.340 e. The number of morpholine rings is 1. The Morgan fingerprint density at radius 3 is 2.56 bits per heavy atom. The van der Waals surface area contributed by atoms with Crippen molar-refractivity contribution in [3.8, 4) is 0 Å². The molecule has 172 valence electrons. The van der Waals surface area contributed by atoms with Crippen LogP contribution in [0.2, 0.25) is 0 Å². The van der Waals surface area contributed by atoms with Gasteiger partial charge in [-0.05, 0) is 36.5 Å². The molecule has 0 atom stereocenters. The molecule has 1 aliphatic heterocycles. The van der Waals surface area contributed by atoms with Crippen molar-refractivity contribution in [2.24, 2.45) is 0 Å². The molecule has 1 N–H and O–H groups in total. The fourth-order valence-corrected chi connectivity index (χ4v) is 4.45. The van der Waals surface area contributed by atoms with E-state index >= 15 is 0 Å². The van der Waals surface area contributed by atoms with Crippen molar-refractivity contribution >= 4 is 27.8 Å². The van der Waals surface area contributed by atoms with E-state index in [-0.39, 0.29) is 17.7 Å². The highest BCUT2D eigenvalue weighted by Gasteiger charge is 2.25. The average Bonchev–Trinajstić information content (AvgIpc) is 3.18. The third kappa shape index (κ3) is 4.32. The molecule has 7 nitrogen and oxygen atoms in total. The van der Waals surface area contributed by atoms with Gasteiger partial charge in [0.25, 0.3) is 0 Å². The maximum atomic E-state index is 12.7. The first-order valence-corrected chi connectivity index (χ1v) is 11.2. The number of hydrogen-bond acceptors (Lipinski definition) is 6. The maximum Gasteiger partial charge on any atom is 0.340 e. The lowest BCUT2D eigenvalue weighted by atomic mass is 9.85. The number of hydrogen-bond donors (Lipinski definition) is 1. The number of furan rings is 1. The number of benzene rings is 1. The second-order valence-electron chi connectivity index (χ2n) is 9.64. The zero-order valence-corrected chi connectivity index (χ0v) is 19.6. The fraction of sp³-hybridized carbons (Fsp3) is 0.520. The summed E-state index contributed by atoms with van der Waals surface area (Å²) in [6.45, 7) is 14.8. The molecule has 0 bridgehead atoms. The van der Waals surface area contributed by atoms with Gasteiger partial charge in [0, 0.05) is 37.1 Å². The lowest BCUT2D eigenvalue weighted by molar-refractivity contribution is -0.120. The first-order valence-electron chi connectivity index (χ1n) is 11.2. The number of fused-ring (bicyclic) bond motifs is 3. The molecule has 0 radical (unpaired) electrons. The van der Waals surface area contributed by atoms with Gasteiger partial charge in [0.05, 0.1) is 36.8 Å². The van der Waals surface area contributed by atoms with E-state index < -0.39 is 5.63 Å². The van der Waals surface area contributed by atoms with Crippen LogP contribution >= 0.6 is 0 Å². The molecular weight excluding hydrogens is 408 g/mol. The molecule has 1 aliphatic rings. The third-order valence-corrected chi connectivity index (χ3v) is 6.28. The predicted octanol–water partition coefficient (Wildman–Crippen LogP) is 3.44. The highest BCUT2D eigenvalue weighted by molar-refractivity contribution is 6.07. The molecule has 32 heavy (non-hydrogen) atoms. The monoisotopic (exact) mass is 440 g/mol. The average molecular weight is 441 g/mol. The summed E-state index contributed by atoms with van der Waals surface area (Å²) < 4.78 is 17.0. The Labute approximate surface area is 187 Å². The van der Waals surface area contributed by atoms with Crippen molar-refractivity contribution in [1.29, 1.82) is 0 Å². The van der Waals surface area contributed by atoms with Crippen LogP contribution in [0.5, 0.6) is 0 Å². The van der Waals surface area contributed by atoms with E-state index in [0.717, 1.165) is 60.3 Å². The van der Waals surface area contributed by atoms with E-state index in [2.05, 4.69) is 31.0 Å². The van der Waals surface area contributed by atoms with Gasteiger partial charge in [0.2, 0.25) is 5.91 Å². The van der Waals surface area contributed by atoms with Crippen molar-refractivity contribution in [3.63, 3.8) is 0 Å². The first kappa shape index (κ1) is 22.6. The van der Waals surface area contributed by atoms with Crippen molar-refractivity contribution in [2.75, 3.05) is 39.4 Å². The van der Waals surface area contributed by atoms with Crippen LogP contribution in [0.3, 0.4) is 0 Å². The molecule has 0 unspecified atom stereocenters. The summed E-state index contributed by atoms with van der Waals surface area (Å²) in [4.78, 5) is 27.6. The fourth-order valence-electron chi connectivity index (χ4n) is 4.45. The molecule has 0 spiro atoms. The summed E-state index contributed by atoms with van der Waals surface area (Å²) >= 11 is 0. The number of amides is 1. The van der Waals surface area contributed by atoms with Gasteiger partial charge in [-0.3, -0.25) is 9.69 Å². The zero-order valence-electron chi connectivity index (χ0n) is 19.6. The van der Waals surface area contributed by atoms with Crippen LogP contribution in [0.4, 0.5) is 0 Å². The van der Waals surface area contributed by atoms with Crippen LogP contribution in [0.15, 0.2) is 26.0 Å². The number of ether oxygens (including phenoxy) is 1. The molecular formula is C25H32N2O5. The van der Waals surface area contributed by atoms with Gasteiger partial charge in [-0.25, -0.2) is 4.79 Å². The molecule has 3 aromatic rings. The lowest BCUT2D eigenvalue weighted by Gasteiger charge is -2.26. The Balaban J connectivity index is 1.63. The number of aryl methyl sites for hydroxylation is 2. The molecule has 4 rings (SSSR count). The highest BCUT2D eigenvalue weighted by atomic mass is 16.5. The van der Waals surface area contributed by atoms with Gasteiger partial charge in [-0.1, -0.05) is 20.8 Å². The van der Waals surface area contributed by atoms with Crippen LogP contribution in [0.1, 0.15) is 43.0 Å². The molecule has 7 heteroatoms. The van der Waals surface area contributed by atoms with Crippen LogP contribution in [0, 0.1) is 13.8 Å². The predicted molar refractivity (Wildman–Crippen MR) is 124 cm³/mol. The van der Waals surface area contributed by atoms with Crippen molar-refractivity contribution in [2.45, 2.75) is 46.5 Å². The van der Waals surface area contributed by atoms with Gasteiger partial charge in [0.15, 0.2) is 0 Å². The summed E-state index contributed by atoms with van der Waals surface area (Å²) in [5.74, 6) is -0.189. The Morgan fingerprint density at radius 2 is 1.88 bits per heavy atom. The topological polar surface area (TPSA) is 84.9 Å². The van der Waals surface area contributed by atoms with Gasteiger partial charge < -0.3 is 18.9 Å². The SMILES string of the molecule is Cc1cc2oc(=O)c(CC(=O)NCCN3CCOCC3)c(C)c2c2occ(C(C)(C)C)c12. The van der Waals surface area contributed by atoms with Crippen LogP contribution in [-0.2, 0) is 21.4 Å². The summed E-state index contributed by atoms with van der Waals surface area (Å²) in [5.41, 5.74) is 3.86. The minimum atomic E-state index is -0.473. The minimum Gasteiger partial charge on any atom is -0.463 e. The van der Waals surface area contributed by atoms with E-state index in [1.807, 2.05) is 19.9 Å². The van der Waals surface area contributed by atoms with Crippen molar-refractivity contribution < 1.29 is 18.4 Å². The minimum absolute atomic E-state index is 0.0184. The Morgan fingerprint density at radius 1 is 1.16 bits per heavy atom. The van der Waals surface area contributed by atoms with E-state index in [1.165, 1.54) is 0 Å². The molecule has 1 fully saturated rings. The summed E-state index contributed by atoms with van der Waals surface area (Å²) in [7, 11) is 0.